The van der Waals surface area contributed by atoms with Gasteiger partial charge in [0.25, 0.3) is 5.91 Å². The lowest BCUT2D eigenvalue weighted by atomic mass is 9.93. The Kier molecular flexibility index (Phi) is 7.48. The fraction of sp³-hybridized carbons (Fsp3) is 0.522. The van der Waals surface area contributed by atoms with Gasteiger partial charge in [0.1, 0.15) is 0 Å². The van der Waals surface area contributed by atoms with E-state index in [1.54, 1.807) is 0 Å². The molecule has 1 fully saturated rings. The molecule has 1 heterocycles. The summed E-state index contributed by atoms with van der Waals surface area (Å²) in [4.78, 5) is 14.4. The molecular formula is C23H32N2OS. The highest BCUT2D eigenvalue weighted by molar-refractivity contribution is 7.14. The van der Waals surface area contributed by atoms with Crippen molar-refractivity contribution in [3.8, 4) is 0 Å². The number of para-hydroxylation sites is 1. The van der Waals surface area contributed by atoms with Crippen molar-refractivity contribution in [2.45, 2.75) is 71.4 Å². The fourth-order valence-corrected chi connectivity index (χ4v) is 4.77. The van der Waals surface area contributed by atoms with E-state index in [1.165, 1.54) is 56.3 Å². The van der Waals surface area contributed by atoms with Gasteiger partial charge in [-0.25, -0.2) is 0 Å². The van der Waals surface area contributed by atoms with Crippen molar-refractivity contribution in [2.75, 3.05) is 5.32 Å². The molecule has 1 amide bonds. The number of thiophene rings is 1. The standard InChI is InChI=1S/C23H32N2OS/c1-17(15-19-9-5-3-4-6-10-19)24-16-20-11-7-8-12-21(20)25-23(26)22-14-13-18(2)27-22/h7-8,11-14,17,19,24H,3-6,9-10,15-16H2,1-2H3,(H,25,26)/t17-/m0/s1. The molecule has 1 aliphatic rings. The summed E-state index contributed by atoms with van der Waals surface area (Å²) in [6.07, 6.45) is 9.65. The number of amides is 1. The summed E-state index contributed by atoms with van der Waals surface area (Å²) >= 11 is 1.53. The summed E-state index contributed by atoms with van der Waals surface area (Å²) < 4.78 is 0. The van der Waals surface area contributed by atoms with E-state index in [9.17, 15) is 4.79 Å². The summed E-state index contributed by atoms with van der Waals surface area (Å²) in [5.74, 6) is 0.846. The quantitative estimate of drug-likeness (QED) is 0.562. The Hall–Kier alpha value is -1.65. The van der Waals surface area contributed by atoms with E-state index >= 15 is 0 Å². The van der Waals surface area contributed by atoms with Crippen LogP contribution in [0.2, 0.25) is 0 Å². The molecule has 1 aromatic heterocycles. The molecule has 3 nitrogen and oxygen atoms in total. The number of anilines is 1. The topological polar surface area (TPSA) is 41.1 Å². The Morgan fingerprint density at radius 1 is 1.11 bits per heavy atom. The Morgan fingerprint density at radius 2 is 1.85 bits per heavy atom. The lowest BCUT2D eigenvalue weighted by molar-refractivity contribution is 0.103. The SMILES string of the molecule is Cc1ccc(C(=O)Nc2ccccc2CN[C@@H](C)CC2CCCCCC2)s1. The zero-order chi connectivity index (χ0) is 19.1. The molecule has 3 rings (SSSR count). The maximum atomic E-state index is 12.5. The van der Waals surface area contributed by atoms with E-state index in [1.807, 2.05) is 37.3 Å². The van der Waals surface area contributed by atoms with Crippen molar-refractivity contribution in [1.29, 1.82) is 0 Å². The van der Waals surface area contributed by atoms with Crippen molar-refractivity contribution in [1.82, 2.24) is 5.32 Å². The van der Waals surface area contributed by atoms with Crippen LogP contribution in [0.5, 0.6) is 0 Å². The molecule has 1 aromatic carbocycles. The zero-order valence-corrected chi connectivity index (χ0v) is 17.4. The van der Waals surface area contributed by atoms with Crippen molar-refractivity contribution < 1.29 is 4.79 Å². The van der Waals surface area contributed by atoms with E-state index in [0.717, 1.165) is 33.5 Å². The van der Waals surface area contributed by atoms with Gasteiger partial charge < -0.3 is 10.6 Å². The van der Waals surface area contributed by atoms with Gasteiger partial charge in [-0.3, -0.25) is 4.79 Å². The van der Waals surface area contributed by atoms with E-state index in [-0.39, 0.29) is 5.91 Å². The molecule has 1 saturated carbocycles. The molecule has 146 valence electrons. The van der Waals surface area contributed by atoms with Crippen LogP contribution in [-0.4, -0.2) is 11.9 Å². The summed E-state index contributed by atoms with van der Waals surface area (Å²) in [6, 6.07) is 12.5. The molecule has 0 spiro atoms. The minimum atomic E-state index is -0.0212. The molecule has 1 aliphatic carbocycles. The first kappa shape index (κ1) is 20.1. The molecule has 2 N–H and O–H groups in total. The zero-order valence-electron chi connectivity index (χ0n) is 16.6. The number of carbonyl (C=O) groups excluding carboxylic acids is 1. The highest BCUT2D eigenvalue weighted by Gasteiger charge is 2.16. The van der Waals surface area contributed by atoms with Crippen LogP contribution in [0, 0.1) is 12.8 Å². The molecule has 2 aromatic rings. The maximum Gasteiger partial charge on any atom is 0.265 e. The summed E-state index contributed by atoms with van der Waals surface area (Å²) in [6.45, 7) is 5.10. The average molecular weight is 385 g/mol. The molecule has 27 heavy (non-hydrogen) atoms. The van der Waals surface area contributed by atoms with Crippen LogP contribution >= 0.6 is 11.3 Å². The molecule has 0 saturated heterocycles. The van der Waals surface area contributed by atoms with Gasteiger partial charge in [0.2, 0.25) is 0 Å². The van der Waals surface area contributed by atoms with Crippen LogP contribution in [0.1, 0.15) is 72.0 Å². The number of hydrogen-bond donors (Lipinski definition) is 2. The predicted octanol–water partition coefficient (Wildman–Crippen LogP) is 6.15. The van der Waals surface area contributed by atoms with E-state index in [2.05, 4.69) is 23.6 Å². The van der Waals surface area contributed by atoms with Gasteiger partial charge in [-0.1, -0.05) is 56.7 Å². The lowest BCUT2D eigenvalue weighted by Gasteiger charge is -2.21. The average Bonchev–Trinajstić information content (AvgIpc) is 2.94. The van der Waals surface area contributed by atoms with Crippen LogP contribution in [0.15, 0.2) is 36.4 Å². The van der Waals surface area contributed by atoms with E-state index in [4.69, 9.17) is 0 Å². The van der Waals surface area contributed by atoms with Crippen LogP contribution in [0.3, 0.4) is 0 Å². The summed E-state index contributed by atoms with van der Waals surface area (Å²) in [7, 11) is 0. The normalized spacial score (nSPS) is 16.7. The molecule has 0 radical (unpaired) electrons. The van der Waals surface area contributed by atoms with Gasteiger partial charge in [-0.2, -0.15) is 0 Å². The third-order valence-electron chi connectivity index (χ3n) is 5.53. The second-order valence-electron chi connectivity index (χ2n) is 7.90. The first-order chi connectivity index (χ1) is 13.1. The van der Waals surface area contributed by atoms with Crippen LogP contribution < -0.4 is 10.6 Å². The van der Waals surface area contributed by atoms with Crippen molar-refractivity contribution in [3.05, 3.63) is 51.7 Å². The van der Waals surface area contributed by atoms with Crippen molar-refractivity contribution in [2.24, 2.45) is 5.92 Å². The molecule has 0 aliphatic heterocycles. The monoisotopic (exact) mass is 384 g/mol. The summed E-state index contributed by atoms with van der Waals surface area (Å²) in [5.41, 5.74) is 2.05. The number of carbonyl (C=O) groups is 1. The van der Waals surface area contributed by atoms with Gasteiger partial charge in [0, 0.05) is 23.2 Å². The second kappa shape index (κ2) is 10.0. The van der Waals surface area contributed by atoms with E-state index in [0.29, 0.717) is 6.04 Å². The van der Waals surface area contributed by atoms with E-state index < -0.39 is 0 Å². The number of nitrogens with one attached hydrogen (secondary N) is 2. The first-order valence-electron chi connectivity index (χ1n) is 10.3. The van der Waals surface area contributed by atoms with Crippen molar-refractivity contribution in [3.63, 3.8) is 0 Å². The van der Waals surface area contributed by atoms with Gasteiger partial charge in [0.15, 0.2) is 0 Å². The molecule has 1 atom stereocenters. The maximum absolute atomic E-state index is 12.5. The summed E-state index contributed by atoms with van der Waals surface area (Å²) in [5, 5.41) is 6.76. The minimum Gasteiger partial charge on any atom is -0.321 e. The number of hydrogen-bond acceptors (Lipinski definition) is 3. The van der Waals surface area contributed by atoms with Crippen LogP contribution in [-0.2, 0) is 6.54 Å². The van der Waals surface area contributed by atoms with Crippen LogP contribution in [0.25, 0.3) is 0 Å². The largest absolute Gasteiger partial charge is 0.321 e. The second-order valence-corrected chi connectivity index (χ2v) is 9.18. The van der Waals surface area contributed by atoms with Gasteiger partial charge >= 0.3 is 0 Å². The number of rotatable bonds is 7. The lowest BCUT2D eigenvalue weighted by Crippen LogP contribution is -2.28. The minimum absolute atomic E-state index is 0.0212. The highest BCUT2D eigenvalue weighted by atomic mass is 32.1. The predicted molar refractivity (Wildman–Crippen MR) is 116 cm³/mol. The van der Waals surface area contributed by atoms with Crippen LogP contribution in [0.4, 0.5) is 5.69 Å². The molecule has 0 bridgehead atoms. The molecular weight excluding hydrogens is 352 g/mol. The number of aryl methyl sites for hydroxylation is 1. The Balaban J connectivity index is 1.54. The highest BCUT2D eigenvalue weighted by Crippen LogP contribution is 2.26. The Bertz CT molecular complexity index is 731. The third-order valence-corrected chi connectivity index (χ3v) is 6.53. The Labute approximate surface area is 167 Å². The smallest absolute Gasteiger partial charge is 0.265 e. The van der Waals surface area contributed by atoms with Gasteiger partial charge in [0.05, 0.1) is 4.88 Å². The van der Waals surface area contributed by atoms with Gasteiger partial charge in [-0.15, -0.1) is 11.3 Å². The molecule has 4 heteroatoms. The third kappa shape index (κ3) is 6.18. The fourth-order valence-electron chi connectivity index (χ4n) is 4.00. The number of benzene rings is 1. The Morgan fingerprint density at radius 3 is 2.56 bits per heavy atom. The first-order valence-corrected chi connectivity index (χ1v) is 11.1. The van der Waals surface area contributed by atoms with Gasteiger partial charge in [-0.05, 0) is 49.9 Å². The molecule has 0 unspecified atom stereocenters. The van der Waals surface area contributed by atoms with Crippen molar-refractivity contribution >= 4 is 22.9 Å².